The summed E-state index contributed by atoms with van der Waals surface area (Å²) in [4.78, 5) is 13.7. The molecule has 0 bridgehead atoms. The van der Waals surface area contributed by atoms with Crippen molar-refractivity contribution in [3.63, 3.8) is 0 Å². The van der Waals surface area contributed by atoms with E-state index in [-0.39, 0.29) is 11.9 Å². The Morgan fingerprint density at radius 3 is 2.30 bits per heavy atom. The average molecular weight is 327 g/mol. The van der Waals surface area contributed by atoms with Crippen LogP contribution < -0.4 is 5.32 Å². The topological polar surface area (TPSA) is 29.1 Å². The molecule has 0 aromatic heterocycles. The summed E-state index contributed by atoms with van der Waals surface area (Å²) >= 11 is 1.72. The Morgan fingerprint density at radius 1 is 1.04 bits per heavy atom. The Balaban J connectivity index is 2.11. The maximum Gasteiger partial charge on any atom is 0.252 e. The van der Waals surface area contributed by atoms with Gasteiger partial charge in [0.25, 0.3) is 5.91 Å². The van der Waals surface area contributed by atoms with E-state index in [0.29, 0.717) is 5.25 Å². The van der Waals surface area contributed by atoms with E-state index < -0.39 is 0 Å². The molecule has 0 aliphatic rings. The fraction of sp³-hybridized carbons (Fsp3) is 0.350. The third-order valence-corrected chi connectivity index (χ3v) is 4.81. The zero-order valence-electron chi connectivity index (χ0n) is 14.3. The third-order valence-electron chi connectivity index (χ3n) is 3.73. The highest BCUT2D eigenvalue weighted by Crippen LogP contribution is 2.27. The summed E-state index contributed by atoms with van der Waals surface area (Å²) in [5, 5.41) is 3.56. The number of hydrogen-bond acceptors (Lipinski definition) is 2. The average Bonchev–Trinajstić information content (AvgIpc) is 2.54. The Labute approximate surface area is 143 Å². The summed E-state index contributed by atoms with van der Waals surface area (Å²) in [6.07, 6.45) is 1.03. The first kappa shape index (κ1) is 17.6. The Kier molecular flexibility index (Phi) is 6.28. The van der Waals surface area contributed by atoms with Gasteiger partial charge in [-0.25, -0.2) is 0 Å². The highest BCUT2D eigenvalue weighted by atomic mass is 32.2. The second-order valence-electron chi connectivity index (χ2n) is 5.95. The maximum atomic E-state index is 12.6. The fourth-order valence-corrected chi connectivity index (χ4v) is 3.36. The van der Waals surface area contributed by atoms with Crippen LogP contribution >= 0.6 is 11.8 Å². The van der Waals surface area contributed by atoms with Gasteiger partial charge in [0.2, 0.25) is 0 Å². The van der Waals surface area contributed by atoms with E-state index >= 15 is 0 Å². The van der Waals surface area contributed by atoms with Crippen LogP contribution in [0.1, 0.15) is 55.2 Å². The van der Waals surface area contributed by atoms with Crippen molar-refractivity contribution in [2.24, 2.45) is 0 Å². The zero-order valence-corrected chi connectivity index (χ0v) is 15.1. The smallest absolute Gasteiger partial charge is 0.252 e. The monoisotopic (exact) mass is 327 g/mol. The van der Waals surface area contributed by atoms with Crippen LogP contribution in [-0.4, -0.2) is 11.2 Å². The summed E-state index contributed by atoms with van der Waals surface area (Å²) in [7, 11) is 0. The van der Waals surface area contributed by atoms with Gasteiger partial charge < -0.3 is 5.32 Å². The van der Waals surface area contributed by atoms with Crippen molar-refractivity contribution in [1.82, 2.24) is 5.32 Å². The molecular weight excluding hydrogens is 302 g/mol. The van der Waals surface area contributed by atoms with Crippen molar-refractivity contribution >= 4 is 17.7 Å². The number of amides is 1. The molecule has 1 amide bonds. The van der Waals surface area contributed by atoms with Crippen molar-refractivity contribution in [3.05, 3.63) is 65.2 Å². The number of nitrogens with one attached hydrogen (secondary N) is 1. The van der Waals surface area contributed by atoms with E-state index in [0.717, 1.165) is 22.4 Å². The standard InChI is InChI=1S/C20H25NOS/c1-5-16-10-12-17(13-11-16)15(4)21-20(22)18-8-6-7-9-19(18)23-14(2)3/h6-15H,5H2,1-4H3,(H,21,22)/t15-/m0/s1. The molecule has 23 heavy (non-hydrogen) atoms. The highest BCUT2D eigenvalue weighted by molar-refractivity contribution is 8.00. The quantitative estimate of drug-likeness (QED) is 0.735. The molecule has 3 heteroatoms. The number of carbonyl (C=O) groups excluding carboxylic acids is 1. The zero-order chi connectivity index (χ0) is 16.8. The first-order valence-corrected chi connectivity index (χ1v) is 9.04. The van der Waals surface area contributed by atoms with Crippen molar-refractivity contribution in [2.45, 2.75) is 50.3 Å². The Hall–Kier alpha value is -1.74. The second kappa shape index (κ2) is 8.21. The molecule has 0 fully saturated rings. The van der Waals surface area contributed by atoms with Gasteiger partial charge in [-0.1, -0.05) is 57.2 Å². The van der Waals surface area contributed by atoms with Gasteiger partial charge in [0.05, 0.1) is 11.6 Å². The highest BCUT2D eigenvalue weighted by Gasteiger charge is 2.15. The number of aryl methyl sites for hydroxylation is 1. The predicted molar refractivity (Wildman–Crippen MR) is 99.1 cm³/mol. The summed E-state index contributed by atoms with van der Waals surface area (Å²) in [6, 6.07) is 16.2. The first-order chi connectivity index (χ1) is 11.0. The molecule has 0 aliphatic carbocycles. The Bertz CT molecular complexity index is 649. The van der Waals surface area contributed by atoms with Gasteiger partial charge in [-0.05, 0) is 36.6 Å². The molecule has 1 N–H and O–H groups in total. The summed E-state index contributed by atoms with van der Waals surface area (Å²) in [6.45, 7) is 8.44. The van der Waals surface area contributed by atoms with Gasteiger partial charge in [0.15, 0.2) is 0 Å². The molecule has 2 rings (SSSR count). The number of hydrogen-bond donors (Lipinski definition) is 1. The van der Waals surface area contributed by atoms with E-state index in [4.69, 9.17) is 0 Å². The molecule has 122 valence electrons. The van der Waals surface area contributed by atoms with Gasteiger partial charge in [0, 0.05) is 10.1 Å². The van der Waals surface area contributed by atoms with Crippen LogP contribution in [0.4, 0.5) is 0 Å². The molecule has 0 spiro atoms. The van der Waals surface area contributed by atoms with E-state index in [9.17, 15) is 4.79 Å². The number of thioether (sulfide) groups is 1. The molecule has 0 unspecified atom stereocenters. The summed E-state index contributed by atoms with van der Waals surface area (Å²) in [5.74, 6) is -0.0131. The predicted octanol–water partition coefficient (Wildman–Crippen LogP) is 5.24. The van der Waals surface area contributed by atoms with E-state index in [1.165, 1.54) is 5.56 Å². The van der Waals surface area contributed by atoms with Crippen LogP contribution in [0.3, 0.4) is 0 Å². The van der Waals surface area contributed by atoms with Crippen molar-refractivity contribution in [3.8, 4) is 0 Å². The summed E-state index contributed by atoms with van der Waals surface area (Å²) in [5.41, 5.74) is 3.19. The van der Waals surface area contributed by atoms with E-state index in [1.54, 1.807) is 11.8 Å². The number of benzene rings is 2. The molecule has 1 atom stereocenters. The van der Waals surface area contributed by atoms with Crippen LogP contribution in [0.15, 0.2) is 53.4 Å². The van der Waals surface area contributed by atoms with Gasteiger partial charge in [-0.3, -0.25) is 4.79 Å². The molecule has 0 saturated carbocycles. The van der Waals surface area contributed by atoms with Crippen LogP contribution in [-0.2, 0) is 6.42 Å². The molecular formula is C20H25NOS. The van der Waals surface area contributed by atoms with Gasteiger partial charge >= 0.3 is 0 Å². The van der Waals surface area contributed by atoms with Gasteiger partial charge in [0.1, 0.15) is 0 Å². The van der Waals surface area contributed by atoms with Crippen molar-refractivity contribution in [1.29, 1.82) is 0 Å². The van der Waals surface area contributed by atoms with E-state index in [1.807, 2.05) is 31.2 Å². The normalized spacial score (nSPS) is 12.2. The van der Waals surface area contributed by atoms with Crippen LogP contribution in [0.5, 0.6) is 0 Å². The minimum absolute atomic E-state index is 0.00878. The van der Waals surface area contributed by atoms with Gasteiger partial charge in [-0.2, -0.15) is 0 Å². The lowest BCUT2D eigenvalue weighted by Crippen LogP contribution is -2.27. The van der Waals surface area contributed by atoms with Crippen molar-refractivity contribution < 1.29 is 4.79 Å². The fourth-order valence-electron chi connectivity index (χ4n) is 2.41. The molecule has 2 aromatic carbocycles. The maximum absolute atomic E-state index is 12.6. The number of rotatable bonds is 6. The summed E-state index contributed by atoms with van der Waals surface area (Å²) < 4.78 is 0. The number of carbonyl (C=O) groups is 1. The van der Waals surface area contributed by atoms with Crippen LogP contribution in [0.2, 0.25) is 0 Å². The lowest BCUT2D eigenvalue weighted by atomic mass is 10.0. The van der Waals surface area contributed by atoms with Crippen LogP contribution in [0.25, 0.3) is 0 Å². The molecule has 0 saturated heterocycles. The Morgan fingerprint density at radius 2 is 1.70 bits per heavy atom. The largest absolute Gasteiger partial charge is 0.345 e. The third kappa shape index (κ3) is 4.87. The SMILES string of the molecule is CCc1ccc([C@H](C)NC(=O)c2ccccc2SC(C)C)cc1. The van der Waals surface area contributed by atoms with Gasteiger partial charge in [-0.15, -0.1) is 11.8 Å². The van der Waals surface area contributed by atoms with Crippen molar-refractivity contribution in [2.75, 3.05) is 0 Å². The minimum Gasteiger partial charge on any atom is -0.345 e. The molecule has 2 aromatic rings. The minimum atomic E-state index is -0.0131. The second-order valence-corrected chi connectivity index (χ2v) is 7.57. The van der Waals surface area contributed by atoms with Crippen LogP contribution in [0, 0.1) is 0 Å². The lowest BCUT2D eigenvalue weighted by molar-refractivity contribution is 0.0937. The molecule has 0 radical (unpaired) electrons. The first-order valence-electron chi connectivity index (χ1n) is 8.16. The van der Waals surface area contributed by atoms with E-state index in [2.05, 4.69) is 50.4 Å². The molecule has 0 heterocycles. The molecule has 0 aliphatic heterocycles. The molecule has 2 nitrogen and oxygen atoms in total. The lowest BCUT2D eigenvalue weighted by Gasteiger charge is -2.17.